The van der Waals surface area contributed by atoms with Crippen LogP contribution in [0, 0.1) is 3.57 Å². The van der Waals surface area contributed by atoms with E-state index >= 15 is 0 Å². The highest BCUT2D eigenvalue weighted by molar-refractivity contribution is 14.1. The summed E-state index contributed by atoms with van der Waals surface area (Å²) in [6.07, 6.45) is 0.865. The van der Waals surface area contributed by atoms with E-state index in [1.54, 1.807) is 0 Å². The standard InChI is InChI=1S/C14H13BrINO/c15-14-9-13(4-1-10(14)7-8-17)18-12-5-2-11(16)3-6-12/h1-6,9H,7-8,17H2. The highest BCUT2D eigenvalue weighted by Gasteiger charge is 2.03. The third-order valence-corrected chi connectivity index (χ3v) is 3.94. The fourth-order valence-corrected chi connectivity index (χ4v) is 2.50. The Bertz CT molecular complexity index is 528. The normalized spacial score (nSPS) is 10.4. The molecular formula is C14H13BrINO. The number of rotatable bonds is 4. The molecule has 0 atom stereocenters. The molecular weight excluding hydrogens is 405 g/mol. The number of halogens is 2. The first kappa shape index (κ1) is 13.8. The summed E-state index contributed by atoms with van der Waals surface area (Å²) in [7, 11) is 0. The van der Waals surface area contributed by atoms with E-state index in [-0.39, 0.29) is 0 Å². The van der Waals surface area contributed by atoms with Crippen LogP contribution in [0.4, 0.5) is 0 Å². The zero-order valence-corrected chi connectivity index (χ0v) is 13.4. The monoisotopic (exact) mass is 417 g/mol. The molecule has 0 radical (unpaired) electrons. The van der Waals surface area contributed by atoms with E-state index in [4.69, 9.17) is 10.5 Å². The lowest BCUT2D eigenvalue weighted by molar-refractivity contribution is 0.482. The molecule has 0 unspecified atom stereocenters. The lowest BCUT2D eigenvalue weighted by Gasteiger charge is -2.08. The van der Waals surface area contributed by atoms with Gasteiger partial charge in [-0.1, -0.05) is 22.0 Å². The van der Waals surface area contributed by atoms with Crippen molar-refractivity contribution in [2.24, 2.45) is 5.73 Å². The van der Waals surface area contributed by atoms with Gasteiger partial charge < -0.3 is 10.5 Å². The van der Waals surface area contributed by atoms with Gasteiger partial charge in [0, 0.05) is 8.04 Å². The van der Waals surface area contributed by atoms with E-state index in [1.807, 2.05) is 42.5 Å². The molecule has 0 aliphatic rings. The molecule has 0 heterocycles. The SMILES string of the molecule is NCCc1ccc(Oc2ccc(I)cc2)cc1Br. The third kappa shape index (κ3) is 3.70. The van der Waals surface area contributed by atoms with Gasteiger partial charge in [-0.05, 0) is 77.5 Å². The average molecular weight is 418 g/mol. The minimum absolute atomic E-state index is 0.649. The van der Waals surface area contributed by atoms with Crippen LogP contribution >= 0.6 is 38.5 Å². The van der Waals surface area contributed by atoms with Crippen molar-refractivity contribution in [2.75, 3.05) is 6.54 Å². The van der Waals surface area contributed by atoms with Crippen molar-refractivity contribution in [1.82, 2.24) is 0 Å². The fourth-order valence-electron chi connectivity index (χ4n) is 1.59. The molecule has 2 N–H and O–H groups in total. The highest BCUT2D eigenvalue weighted by atomic mass is 127. The van der Waals surface area contributed by atoms with E-state index in [0.717, 1.165) is 22.4 Å². The highest BCUT2D eigenvalue weighted by Crippen LogP contribution is 2.27. The zero-order chi connectivity index (χ0) is 13.0. The molecule has 18 heavy (non-hydrogen) atoms. The summed E-state index contributed by atoms with van der Waals surface area (Å²) < 4.78 is 8.01. The number of benzene rings is 2. The summed E-state index contributed by atoms with van der Waals surface area (Å²) in [6, 6.07) is 13.9. The Labute approximate surface area is 129 Å². The molecule has 2 aromatic rings. The summed E-state index contributed by atoms with van der Waals surface area (Å²) >= 11 is 5.81. The van der Waals surface area contributed by atoms with Crippen LogP contribution in [0.15, 0.2) is 46.9 Å². The number of hydrogen-bond acceptors (Lipinski definition) is 2. The topological polar surface area (TPSA) is 35.2 Å². The summed E-state index contributed by atoms with van der Waals surface area (Å²) in [5.41, 5.74) is 6.75. The third-order valence-electron chi connectivity index (χ3n) is 2.49. The molecule has 0 aromatic heterocycles. The van der Waals surface area contributed by atoms with Gasteiger partial charge in [-0.2, -0.15) is 0 Å². The summed E-state index contributed by atoms with van der Waals surface area (Å²) in [6.45, 7) is 0.649. The molecule has 0 fully saturated rings. The Balaban J connectivity index is 2.14. The van der Waals surface area contributed by atoms with Gasteiger partial charge in [0.1, 0.15) is 11.5 Å². The Morgan fingerprint density at radius 1 is 1.06 bits per heavy atom. The molecule has 2 rings (SSSR count). The smallest absolute Gasteiger partial charge is 0.128 e. The average Bonchev–Trinajstić information content (AvgIpc) is 2.36. The number of hydrogen-bond donors (Lipinski definition) is 1. The van der Waals surface area contributed by atoms with Gasteiger partial charge in [0.2, 0.25) is 0 Å². The van der Waals surface area contributed by atoms with Gasteiger partial charge >= 0.3 is 0 Å². The van der Waals surface area contributed by atoms with E-state index in [9.17, 15) is 0 Å². The molecule has 0 aliphatic carbocycles. The Kier molecular flexibility index (Phi) is 5.03. The Hall–Kier alpha value is -0.590. The largest absolute Gasteiger partial charge is 0.457 e. The Morgan fingerprint density at radius 2 is 1.72 bits per heavy atom. The van der Waals surface area contributed by atoms with E-state index in [1.165, 1.54) is 9.13 Å². The first-order valence-corrected chi connectivity index (χ1v) is 7.48. The van der Waals surface area contributed by atoms with E-state index < -0.39 is 0 Å². The summed E-state index contributed by atoms with van der Waals surface area (Å²) in [5, 5.41) is 0. The molecule has 2 aromatic carbocycles. The van der Waals surface area contributed by atoms with Gasteiger partial charge in [-0.3, -0.25) is 0 Å². The van der Waals surface area contributed by atoms with Crippen LogP contribution < -0.4 is 10.5 Å². The second kappa shape index (κ2) is 6.54. The van der Waals surface area contributed by atoms with Crippen LogP contribution in [0.25, 0.3) is 0 Å². The summed E-state index contributed by atoms with van der Waals surface area (Å²) in [5.74, 6) is 1.66. The van der Waals surface area contributed by atoms with Gasteiger partial charge in [-0.25, -0.2) is 0 Å². The lowest BCUT2D eigenvalue weighted by Crippen LogP contribution is -2.03. The maximum absolute atomic E-state index is 5.78. The maximum atomic E-state index is 5.78. The second-order valence-electron chi connectivity index (χ2n) is 3.85. The maximum Gasteiger partial charge on any atom is 0.128 e. The van der Waals surface area contributed by atoms with E-state index in [0.29, 0.717) is 6.54 Å². The van der Waals surface area contributed by atoms with Gasteiger partial charge in [0.15, 0.2) is 0 Å². The second-order valence-corrected chi connectivity index (χ2v) is 5.95. The number of ether oxygens (including phenoxy) is 1. The van der Waals surface area contributed by atoms with E-state index in [2.05, 4.69) is 38.5 Å². The molecule has 0 amide bonds. The van der Waals surface area contributed by atoms with Crippen LogP contribution in [-0.2, 0) is 6.42 Å². The van der Waals surface area contributed by atoms with Crippen LogP contribution in [0.5, 0.6) is 11.5 Å². The molecule has 2 nitrogen and oxygen atoms in total. The van der Waals surface area contributed by atoms with Crippen molar-refractivity contribution in [2.45, 2.75) is 6.42 Å². The predicted molar refractivity (Wildman–Crippen MR) is 86.1 cm³/mol. The minimum atomic E-state index is 0.649. The molecule has 4 heteroatoms. The molecule has 0 saturated carbocycles. The summed E-state index contributed by atoms with van der Waals surface area (Å²) in [4.78, 5) is 0. The lowest BCUT2D eigenvalue weighted by atomic mass is 10.1. The predicted octanol–water partition coefficient (Wildman–Crippen LogP) is 4.35. The number of nitrogens with two attached hydrogens (primary N) is 1. The minimum Gasteiger partial charge on any atom is -0.457 e. The van der Waals surface area contributed by atoms with Crippen molar-refractivity contribution in [3.63, 3.8) is 0 Å². The van der Waals surface area contributed by atoms with Crippen molar-refractivity contribution >= 4 is 38.5 Å². The zero-order valence-electron chi connectivity index (χ0n) is 9.70. The first-order chi connectivity index (χ1) is 8.69. The van der Waals surface area contributed by atoms with Gasteiger partial charge in [0.25, 0.3) is 0 Å². The van der Waals surface area contributed by atoms with Crippen LogP contribution in [0.2, 0.25) is 0 Å². The quantitative estimate of drug-likeness (QED) is 0.750. The van der Waals surface area contributed by atoms with Crippen molar-refractivity contribution < 1.29 is 4.74 Å². The van der Waals surface area contributed by atoms with Crippen LogP contribution in [0.1, 0.15) is 5.56 Å². The van der Waals surface area contributed by atoms with Crippen molar-refractivity contribution in [3.8, 4) is 11.5 Å². The van der Waals surface area contributed by atoms with Gasteiger partial charge in [0.05, 0.1) is 0 Å². The Morgan fingerprint density at radius 3 is 2.33 bits per heavy atom. The van der Waals surface area contributed by atoms with Crippen molar-refractivity contribution in [3.05, 3.63) is 56.1 Å². The molecule has 0 bridgehead atoms. The molecule has 0 saturated heterocycles. The molecule has 0 aliphatic heterocycles. The van der Waals surface area contributed by atoms with Crippen LogP contribution in [-0.4, -0.2) is 6.54 Å². The first-order valence-electron chi connectivity index (χ1n) is 5.61. The van der Waals surface area contributed by atoms with Crippen LogP contribution in [0.3, 0.4) is 0 Å². The molecule has 94 valence electrons. The molecule has 0 spiro atoms. The fraction of sp³-hybridized carbons (Fsp3) is 0.143. The van der Waals surface area contributed by atoms with Gasteiger partial charge in [-0.15, -0.1) is 0 Å². The van der Waals surface area contributed by atoms with Crippen molar-refractivity contribution in [1.29, 1.82) is 0 Å².